The Hall–Kier alpha value is -2.32. The minimum absolute atomic E-state index is 0.0856. The van der Waals surface area contributed by atoms with Gasteiger partial charge in [0, 0.05) is 46.0 Å². The average Bonchev–Trinajstić information content (AvgIpc) is 3.41. The first-order chi connectivity index (χ1) is 19.2. The number of thiazole rings is 1. The van der Waals surface area contributed by atoms with Crippen LogP contribution in [0.15, 0.2) is 41.3 Å². The number of hydrogen-bond acceptors (Lipinski definition) is 9. The summed E-state index contributed by atoms with van der Waals surface area (Å²) in [4.78, 5) is 22.5. The third kappa shape index (κ3) is 7.49. The maximum atomic E-state index is 13.8. The lowest BCUT2D eigenvalue weighted by atomic mass is 10.2. The van der Waals surface area contributed by atoms with Crippen molar-refractivity contribution in [2.75, 3.05) is 78.7 Å². The van der Waals surface area contributed by atoms with Crippen LogP contribution >= 0.6 is 22.9 Å². The van der Waals surface area contributed by atoms with E-state index in [-0.39, 0.29) is 37.1 Å². The van der Waals surface area contributed by atoms with E-state index in [0.29, 0.717) is 40.1 Å². The molecule has 1 aromatic heterocycles. The van der Waals surface area contributed by atoms with Crippen LogP contribution in [-0.4, -0.2) is 102 Å². The van der Waals surface area contributed by atoms with Gasteiger partial charge in [-0.15, -0.1) is 0 Å². The minimum atomic E-state index is -3.82. The van der Waals surface area contributed by atoms with E-state index in [9.17, 15) is 13.2 Å². The minimum Gasteiger partial charge on any atom is -0.494 e. The molecule has 0 N–H and O–H groups in total. The SMILES string of the molecule is CCN(CC)CCN(C(=O)c1ccc(S(=O)(=O)N(CCOC)CCOC)cc1)c1nc2c(OC)ccc(Cl)c2s1. The molecule has 1 amide bonds. The average molecular weight is 613 g/mol. The first kappa shape index (κ1) is 32.2. The molecule has 0 bridgehead atoms. The third-order valence-corrected chi connectivity index (χ3v) is 9.96. The molecule has 0 saturated heterocycles. The Bertz CT molecular complexity index is 1360. The number of likely N-dealkylation sites (N-methyl/N-ethyl adjacent to an activating group) is 1. The van der Waals surface area contributed by atoms with Gasteiger partial charge in [-0.05, 0) is 49.5 Å². The number of aromatic nitrogens is 1. The topological polar surface area (TPSA) is 102 Å². The molecule has 0 radical (unpaired) electrons. The largest absolute Gasteiger partial charge is 0.494 e. The molecule has 3 rings (SSSR count). The molecule has 0 spiro atoms. The normalized spacial score (nSPS) is 12.0. The van der Waals surface area contributed by atoms with Crippen molar-refractivity contribution in [3.63, 3.8) is 0 Å². The Labute approximate surface area is 245 Å². The van der Waals surface area contributed by atoms with Crippen molar-refractivity contribution in [1.82, 2.24) is 14.2 Å². The van der Waals surface area contributed by atoms with Crippen molar-refractivity contribution in [3.05, 3.63) is 47.0 Å². The van der Waals surface area contributed by atoms with Crippen molar-refractivity contribution in [2.45, 2.75) is 18.7 Å². The van der Waals surface area contributed by atoms with Crippen LogP contribution in [0.25, 0.3) is 10.2 Å². The second-order valence-corrected chi connectivity index (χ2v) is 12.1. The molecule has 0 aliphatic carbocycles. The lowest BCUT2D eigenvalue weighted by Gasteiger charge is -2.25. The fourth-order valence-electron chi connectivity index (χ4n) is 4.10. The second kappa shape index (κ2) is 15.1. The van der Waals surface area contributed by atoms with Crippen LogP contribution in [0.3, 0.4) is 0 Å². The van der Waals surface area contributed by atoms with Crippen LogP contribution in [0.5, 0.6) is 5.75 Å². The molecule has 40 heavy (non-hydrogen) atoms. The third-order valence-electron chi connectivity index (χ3n) is 6.51. The molecule has 0 unspecified atom stereocenters. The Morgan fingerprint density at radius 3 is 2.10 bits per heavy atom. The highest BCUT2D eigenvalue weighted by Gasteiger charge is 2.27. The molecule has 10 nitrogen and oxygen atoms in total. The fraction of sp³-hybridized carbons (Fsp3) is 0.481. The molecular weight excluding hydrogens is 576 g/mol. The number of benzene rings is 2. The number of nitrogens with zero attached hydrogens (tertiary/aromatic N) is 4. The Balaban J connectivity index is 1.96. The number of carbonyl (C=O) groups excluding carboxylic acids is 1. The zero-order valence-corrected chi connectivity index (χ0v) is 25.9. The van der Waals surface area contributed by atoms with Crippen molar-refractivity contribution in [2.24, 2.45) is 0 Å². The van der Waals surface area contributed by atoms with Gasteiger partial charge in [-0.1, -0.05) is 36.8 Å². The van der Waals surface area contributed by atoms with Crippen LogP contribution in [0.1, 0.15) is 24.2 Å². The number of amides is 1. The predicted molar refractivity (Wildman–Crippen MR) is 160 cm³/mol. The van der Waals surface area contributed by atoms with Gasteiger partial charge in [-0.2, -0.15) is 4.31 Å². The number of methoxy groups -OCH3 is 3. The summed E-state index contributed by atoms with van der Waals surface area (Å²) in [6.45, 7) is 7.72. The summed E-state index contributed by atoms with van der Waals surface area (Å²) in [7, 11) is 0.780. The van der Waals surface area contributed by atoms with Crippen LogP contribution in [0, 0.1) is 0 Å². The molecule has 2 aromatic carbocycles. The van der Waals surface area contributed by atoms with Gasteiger partial charge in [-0.25, -0.2) is 13.4 Å². The monoisotopic (exact) mass is 612 g/mol. The van der Waals surface area contributed by atoms with Gasteiger partial charge in [0.25, 0.3) is 5.91 Å². The smallest absolute Gasteiger partial charge is 0.260 e. The molecule has 0 aliphatic rings. The van der Waals surface area contributed by atoms with Crippen LogP contribution < -0.4 is 9.64 Å². The van der Waals surface area contributed by atoms with Crippen molar-refractivity contribution in [1.29, 1.82) is 0 Å². The van der Waals surface area contributed by atoms with Gasteiger partial charge in [0.05, 0.1) is 34.9 Å². The molecule has 0 fully saturated rings. The molecule has 220 valence electrons. The van der Waals surface area contributed by atoms with E-state index >= 15 is 0 Å². The van der Waals surface area contributed by atoms with Gasteiger partial charge in [0.1, 0.15) is 11.3 Å². The maximum absolute atomic E-state index is 13.8. The molecule has 13 heteroatoms. The Morgan fingerprint density at radius 1 is 0.925 bits per heavy atom. The first-order valence-electron chi connectivity index (χ1n) is 13.0. The number of carbonyl (C=O) groups is 1. The Morgan fingerprint density at radius 2 is 1.55 bits per heavy atom. The highest BCUT2D eigenvalue weighted by molar-refractivity contribution is 7.89. The van der Waals surface area contributed by atoms with Crippen LogP contribution in [0.4, 0.5) is 5.13 Å². The van der Waals surface area contributed by atoms with Crippen molar-refractivity contribution < 1.29 is 27.4 Å². The molecule has 0 atom stereocenters. The maximum Gasteiger partial charge on any atom is 0.260 e. The zero-order valence-electron chi connectivity index (χ0n) is 23.6. The standard InChI is InChI=1S/C27H37ClN4O6S2/c1-6-30(7-2)14-15-32(27-29-24-23(38-5)13-12-22(28)25(24)39-27)26(33)20-8-10-21(11-9-20)40(34,35)31(16-18-36-3)17-19-37-4/h8-13H,6-7,14-19H2,1-5H3. The second-order valence-electron chi connectivity index (χ2n) is 8.82. The van der Waals surface area contributed by atoms with E-state index in [0.717, 1.165) is 17.8 Å². The number of halogens is 1. The van der Waals surface area contributed by atoms with E-state index in [4.69, 9.17) is 30.8 Å². The van der Waals surface area contributed by atoms with Gasteiger partial charge >= 0.3 is 0 Å². The van der Waals surface area contributed by atoms with Gasteiger partial charge < -0.3 is 19.1 Å². The number of hydrogen-bond donors (Lipinski definition) is 0. The summed E-state index contributed by atoms with van der Waals surface area (Å²) >= 11 is 7.76. The summed E-state index contributed by atoms with van der Waals surface area (Å²) < 4.78 is 44.3. The van der Waals surface area contributed by atoms with Crippen LogP contribution in [-0.2, 0) is 19.5 Å². The quantitative estimate of drug-likeness (QED) is 0.237. The van der Waals surface area contributed by atoms with E-state index < -0.39 is 10.0 Å². The molecule has 0 aliphatic heterocycles. The number of fused-ring (bicyclic) bond motifs is 1. The fourth-order valence-corrected chi connectivity index (χ4v) is 6.79. The summed E-state index contributed by atoms with van der Waals surface area (Å²) in [5.74, 6) is 0.278. The molecular formula is C27H37ClN4O6S2. The zero-order chi connectivity index (χ0) is 29.3. The summed E-state index contributed by atoms with van der Waals surface area (Å²) in [5.41, 5.74) is 0.931. The lowest BCUT2D eigenvalue weighted by Crippen LogP contribution is -2.39. The summed E-state index contributed by atoms with van der Waals surface area (Å²) in [6.07, 6.45) is 0. The number of rotatable bonds is 16. The molecule has 0 saturated carbocycles. The van der Waals surface area contributed by atoms with E-state index in [1.807, 2.05) is 0 Å². The highest BCUT2D eigenvalue weighted by atomic mass is 35.5. The lowest BCUT2D eigenvalue weighted by molar-refractivity contribution is 0.0983. The summed E-state index contributed by atoms with van der Waals surface area (Å²) in [6, 6.07) is 9.47. The molecule has 1 heterocycles. The van der Waals surface area contributed by atoms with Crippen molar-refractivity contribution in [3.8, 4) is 5.75 Å². The van der Waals surface area contributed by atoms with E-state index in [2.05, 4.69) is 18.7 Å². The van der Waals surface area contributed by atoms with Crippen LogP contribution in [0.2, 0.25) is 5.02 Å². The van der Waals surface area contributed by atoms with E-state index in [1.165, 1.54) is 54.1 Å². The summed E-state index contributed by atoms with van der Waals surface area (Å²) in [5, 5.41) is 1.01. The predicted octanol–water partition coefficient (Wildman–Crippen LogP) is 4.23. The number of anilines is 1. The Kier molecular flexibility index (Phi) is 12.1. The highest BCUT2D eigenvalue weighted by Crippen LogP contribution is 2.39. The first-order valence-corrected chi connectivity index (χ1v) is 15.6. The molecule has 3 aromatic rings. The van der Waals surface area contributed by atoms with E-state index in [1.54, 1.807) is 24.1 Å². The van der Waals surface area contributed by atoms with Gasteiger partial charge in [0.15, 0.2) is 5.13 Å². The van der Waals surface area contributed by atoms with Gasteiger partial charge in [0.2, 0.25) is 10.0 Å². The van der Waals surface area contributed by atoms with Crippen molar-refractivity contribution >= 4 is 54.2 Å². The van der Waals surface area contributed by atoms with Gasteiger partial charge in [-0.3, -0.25) is 9.69 Å². The number of sulfonamides is 1. The number of ether oxygens (including phenoxy) is 3.